The quantitative estimate of drug-likeness (QED) is 0.480. The Balaban J connectivity index is 1.40. The number of benzene rings is 2. The summed E-state index contributed by atoms with van der Waals surface area (Å²) in [6.45, 7) is 4.47. The number of nitrogens with one attached hydrogen (secondary N) is 1. The molecule has 0 unspecified atom stereocenters. The van der Waals surface area contributed by atoms with Crippen LogP contribution in [0.1, 0.15) is 17.8 Å². The molecule has 0 atom stereocenters. The summed E-state index contributed by atoms with van der Waals surface area (Å²) in [5.74, 6) is 3.18. The lowest BCUT2D eigenvalue weighted by Gasteiger charge is -2.08. The molecule has 1 N–H and O–H groups in total. The highest BCUT2D eigenvalue weighted by molar-refractivity contribution is 7.99. The highest BCUT2D eigenvalue weighted by Gasteiger charge is 2.15. The van der Waals surface area contributed by atoms with Gasteiger partial charge in [-0.15, -0.1) is 0 Å². The van der Waals surface area contributed by atoms with E-state index in [4.69, 9.17) is 9.47 Å². The number of rotatable bonds is 10. The number of aryl methyl sites for hydroxylation is 1. The minimum Gasteiger partial charge on any atom is -0.497 e. The van der Waals surface area contributed by atoms with Gasteiger partial charge in [-0.2, -0.15) is 16.9 Å². The van der Waals surface area contributed by atoms with Gasteiger partial charge in [-0.25, -0.2) is 4.68 Å². The third-order valence-corrected chi connectivity index (χ3v) is 5.53. The molecule has 2 aromatic carbocycles. The van der Waals surface area contributed by atoms with Crippen molar-refractivity contribution in [2.75, 3.05) is 30.5 Å². The standard InChI is InChI=1S/C23H27N3O3S/c1-17-23(18(2)26(25-17)19-7-5-4-6-8-19)24-22(27)13-15-30-16-14-29-21-11-9-20(28-3)10-12-21/h4-12H,13-16H2,1-3H3,(H,24,27). The first-order chi connectivity index (χ1) is 14.6. The van der Waals surface area contributed by atoms with Gasteiger partial charge in [0.25, 0.3) is 0 Å². The fraction of sp³-hybridized carbons (Fsp3) is 0.304. The van der Waals surface area contributed by atoms with Crippen molar-refractivity contribution in [1.29, 1.82) is 0 Å². The average Bonchev–Trinajstić information content (AvgIpc) is 3.05. The molecule has 0 saturated carbocycles. The Morgan fingerprint density at radius 2 is 1.73 bits per heavy atom. The summed E-state index contributed by atoms with van der Waals surface area (Å²) in [4.78, 5) is 12.4. The number of anilines is 1. The Labute approximate surface area is 181 Å². The normalized spacial score (nSPS) is 10.6. The van der Waals surface area contributed by atoms with Gasteiger partial charge in [-0.1, -0.05) is 18.2 Å². The fourth-order valence-electron chi connectivity index (χ4n) is 3.00. The Bertz CT molecular complexity index is 956. The van der Waals surface area contributed by atoms with Crippen LogP contribution in [0.5, 0.6) is 11.5 Å². The number of carbonyl (C=O) groups excluding carboxylic acids is 1. The van der Waals surface area contributed by atoms with E-state index in [0.717, 1.165) is 45.8 Å². The maximum Gasteiger partial charge on any atom is 0.225 e. The number of nitrogens with zero attached hydrogens (tertiary/aromatic N) is 2. The molecule has 3 aromatic rings. The molecule has 0 bridgehead atoms. The number of hydrogen-bond acceptors (Lipinski definition) is 5. The lowest BCUT2D eigenvalue weighted by atomic mass is 10.3. The zero-order chi connectivity index (χ0) is 21.3. The Morgan fingerprint density at radius 1 is 1.03 bits per heavy atom. The van der Waals surface area contributed by atoms with E-state index in [9.17, 15) is 4.79 Å². The van der Waals surface area contributed by atoms with Crippen LogP contribution < -0.4 is 14.8 Å². The third kappa shape index (κ3) is 5.79. The number of carbonyl (C=O) groups is 1. The van der Waals surface area contributed by atoms with Gasteiger partial charge in [-0.3, -0.25) is 4.79 Å². The molecule has 1 aromatic heterocycles. The molecule has 1 heterocycles. The average molecular weight is 426 g/mol. The smallest absolute Gasteiger partial charge is 0.225 e. The second-order valence-electron chi connectivity index (χ2n) is 6.73. The monoisotopic (exact) mass is 425 g/mol. The summed E-state index contributed by atoms with van der Waals surface area (Å²) in [5.41, 5.74) is 3.50. The summed E-state index contributed by atoms with van der Waals surface area (Å²) >= 11 is 1.70. The number of aromatic nitrogens is 2. The van der Waals surface area contributed by atoms with Crippen LogP contribution >= 0.6 is 11.8 Å². The number of amides is 1. The van der Waals surface area contributed by atoms with Crippen LogP contribution in [-0.4, -0.2) is 40.9 Å². The van der Waals surface area contributed by atoms with Crippen molar-refractivity contribution < 1.29 is 14.3 Å². The van der Waals surface area contributed by atoms with Crippen LogP contribution in [0.3, 0.4) is 0 Å². The molecule has 0 saturated heterocycles. The molecule has 0 fully saturated rings. The molecule has 6 nitrogen and oxygen atoms in total. The number of hydrogen-bond donors (Lipinski definition) is 1. The summed E-state index contributed by atoms with van der Waals surface area (Å²) in [7, 11) is 1.64. The van der Waals surface area contributed by atoms with Crippen LogP contribution in [0.15, 0.2) is 54.6 Å². The van der Waals surface area contributed by atoms with Gasteiger partial charge in [0.15, 0.2) is 0 Å². The molecular weight excluding hydrogens is 398 g/mol. The summed E-state index contributed by atoms with van der Waals surface area (Å²) in [5, 5.41) is 7.58. The molecule has 0 aliphatic carbocycles. The van der Waals surface area contributed by atoms with E-state index >= 15 is 0 Å². The van der Waals surface area contributed by atoms with Crippen molar-refractivity contribution in [3.63, 3.8) is 0 Å². The van der Waals surface area contributed by atoms with Gasteiger partial charge in [0.2, 0.25) is 5.91 Å². The number of ether oxygens (including phenoxy) is 2. The maximum absolute atomic E-state index is 12.4. The predicted octanol–water partition coefficient (Wildman–Crippen LogP) is 4.64. The van der Waals surface area contributed by atoms with Crippen molar-refractivity contribution in [3.8, 4) is 17.2 Å². The van der Waals surface area contributed by atoms with Crippen LogP contribution in [0.4, 0.5) is 5.69 Å². The third-order valence-electron chi connectivity index (χ3n) is 4.59. The van der Waals surface area contributed by atoms with Gasteiger partial charge in [0, 0.05) is 17.9 Å². The van der Waals surface area contributed by atoms with E-state index in [1.165, 1.54) is 0 Å². The minimum absolute atomic E-state index is 0.00242. The lowest BCUT2D eigenvalue weighted by Crippen LogP contribution is -2.14. The molecular formula is C23H27N3O3S. The molecule has 0 aliphatic rings. The summed E-state index contributed by atoms with van der Waals surface area (Å²) < 4.78 is 12.7. The van der Waals surface area contributed by atoms with Crippen LogP contribution in [0.25, 0.3) is 5.69 Å². The maximum atomic E-state index is 12.4. The van der Waals surface area contributed by atoms with Gasteiger partial charge in [0.1, 0.15) is 11.5 Å². The number of para-hydroxylation sites is 1. The SMILES string of the molecule is COc1ccc(OCCSCCC(=O)Nc2c(C)nn(-c3ccccc3)c2C)cc1. The van der Waals surface area contributed by atoms with Gasteiger partial charge >= 0.3 is 0 Å². The van der Waals surface area contributed by atoms with E-state index < -0.39 is 0 Å². The van der Waals surface area contributed by atoms with Crippen LogP contribution in [0, 0.1) is 13.8 Å². The van der Waals surface area contributed by atoms with E-state index in [-0.39, 0.29) is 5.91 Å². The zero-order valence-corrected chi connectivity index (χ0v) is 18.4. The Hall–Kier alpha value is -2.93. The van der Waals surface area contributed by atoms with Crippen molar-refractivity contribution in [1.82, 2.24) is 9.78 Å². The van der Waals surface area contributed by atoms with E-state index in [1.54, 1.807) is 18.9 Å². The molecule has 1 amide bonds. The zero-order valence-electron chi connectivity index (χ0n) is 17.6. The second-order valence-corrected chi connectivity index (χ2v) is 7.95. The van der Waals surface area contributed by atoms with Gasteiger partial charge in [0.05, 0.1) is 36.5 Å². The van der Waals surface area contributed by atoms with Crippen molar-refractivity contribution in [2.45, 2.75) is 20.3 Å². The van der Waals surface area contributed by atoms with Crippen molar-refractivity contribution in [2.24, 2.45) is 0 Å². The largest absolute Gasteiger partial charge is 0.497 e. The molecule has 0 radical (unpaired) electrons. The summed E-state index contributed by atoms with van der Waals surface area (Å²) in [6.07, 6.45) is 0.447. The highest BCUT2D eigenvalue weighted by atomic mass is 32.2. The molecule has 0 spiro atoms. The van der Waals surface area contributed by atoms with E-state index in [2.05, 4.69) is 10.4 Å². The first kappa shape index (κ1) is 21.8. The molecule has 3 rings (SSSR count). The topological polar surface area (TPSA) is 65.4 Å². The lowest BCUT2D eigenvalue weighted by molar-refractivity contribution is -0.115. The van der Waals surface area contributed by atoms with Crippen LogP contribution in [-0.2, 0) is 4.79 Å². The summed E-state index contributed by atoms with van der Waals surface area (Å²) in [6, 6.07) is 17.4. The Morgan fingerprint density at radius 3 is 2.43 bits per heavy atom. The van der Waals surface area contributed by atoms with Crippen molar-refractivity contribution >= 4 is 23.4 Å². The molecule has 158 valence electrons. The van der Waals surface area contributed by atoms with Crippen molar-refractivity contribution in [3.05, 3.63) is 66.0 Å². The minimum atomic E-state index is -0.00242. The highest BCUT2D eigenvalue weighted by Crippen LogP contribution is 2.23. The number of methoxy groups -OCH3 is 1. The van der Waals surface area contributed by atoms with Crippen LogP contribution in [0.2, 0.25) is 0 Å². The van der Waals surface area contributed by atoms with Gasteiger partial charge < -0.3 is 14.8 Å². The first-order valence-corrected chi connectivity index (χ1v) is 11.0. The fourth-order valence-corrected chi connectivity index (χ4v) is 3.74. The van der Waals surface area contributed by atoms with E-state index in [0.29, 0.717) is 13.0 Å². The molecule has 7 heteroatoms. The Kier molecular flexibility index (Phi) is 7.79. The predicted molar refractivity (Wildman–Crippen MR) is 122 cm³/mol. The molecule has 0 aliphatic heterocycles. The van der Waals surface area contributed by atoms with E-state index in [1.807, 2.05) is 73.1 Å². The van der Waals surface area contributed by atoms with Gasteiger partial charge in [-0.05, 0) is 50.2 Å². The number of thioether (sulfide) groups is 1. The second kappa shape index (κ2) is 10.7. The molecule has 30 heavy (non-hydrogen) atoms. The first-order valence-electron chi connectivity index (χ1n) is 9.84.